The zero-order chi connectivity index (χ0) is 13.1. The smallest absolute Gasteiger partial charge is 0.292 e. The molecule has 1 aromatic carbocycles. The van der Waals surface area contributed by atoms with Gasteiger partial charge in [-0.2, -0.15) is 0 Å². The van der Waals surface area contributed by atoms with Crippen LogP contribution in [-0.2, 0) is 0 Å². The van der Waals surface area contributed by atoms with E-state index in [1.165, 1.54) is 18.9 Å². The number of nitro benzene ring substituents is 1. The van der Waals surface area contributed by atoms with Crippen LogP contribution in [-0.4, -0.2) is 36.0 Å². The summed E-state index contributed by atoms with van der Waals surface area (Å²) < 4.78 is 13.1. The number of hydrogen-bond acceptors (Lipinski definition) is 4. The molecule has 0 atom stereocenters. The summed E-state index contributed by atoms with van der Waals surface area (Å²) in [4.78, 5) is 12.5. The normalized spacial score (nSPS) is 14.8. The van der Waals surface area contributed by atoms with E-state index in [0.29, 0.717) is 12.6 Å². The van der Waals surface area contributed by atoms with Crippen molar-refractivity contribution in [2.45, 2.75) is 18.9 Å². The molecule has 1 aliphatic rings. The number of nitrogens with one attached hydrogen (secondary N) is 1. The molecule has 0 spiro atoms. The van der Waals surface area contributed by atoms with E-state index < -0.39 is 10.7 Å². The van der Waals surface area contributed by atoms with E-state index in [9.17, 15) is 14.5 Å². The number of anilines is 1. The highest BCUT2D eigenvalue weighted by molar-refractivity contribution is 5.61. The molecule has 1 fully saturated rings. The number of halogens is 1. The molecule has 1 saturated carbocycles. The fourth-order valence-electron chi connectivity index (χ4n) is 1.87. The fraction of sp³-hybridized carbons (Fsp3) is 0.500. The molecule has 1 N–H and O–H groups in total. The summed E-state index contributed by atoms with van der Waals surface area (Å²) in [6.45, 7) is 1.36. The van der Waals surface area contributed by atoms with Crippen molar-refractivity contribution in [2.24, 2.45) is 0 Å². The minimum atomic E-state index is -0.508. The Bertz CT molecular complexity index is 449. The van der Waals surface area contributed by atoms with E-state index in [4.69, 9.17) is 0 Å². The van der Waals surface area contributed by atoms with Gasteiger partial charge >= 0.3 is 0 Å². The highest BCUT2D eigenvalue weighted by Gasteiger charge is 2.25. The van der Waals surface area contributed by atoms with Crippen LogP contribution < -0.4 is 5.32 Å². The average molecular weight is 253 g/mol. The number of likely N-dealkylation sites (N-methyl/N-ethyl adjacent to an activating group) is 1. The van der Waals surface area contributed by atoms with Gasteiger partial charge in [0.25, 0.3) is 5.69 Å². The molecule has 5 nitrogen and oxygen atoms in total. The molecule has 2 rings (SSSR count). The summed E-state index contributed by atoms with van der Waals surface area (Å²) in [6.07, 6.45) is 2.44. The minimum absolute atomic E-state index is 0.0922. The van der Waals surface area contributed by atoms with Crippen molar-refractivity contribution in [1.82, 2.24) is 4.90 Å². The summed E-state index contributed by atoms with van der Waals surface area (Å²) in [6, 6.07) is 4.09. The van der Waals surface area contributed by atoms with Crippen molar-refractivity contribution in [1.29, 1.82) is 0 Å². The lowest BCUT2D eigenvalue weighted by molar-refractivity contribution is -0.384. The molecule has 1 aromatic rings. The Hall–Kier alpha value is -1.69. The standard InChI is InChI=1S/C12H16FN3O2/c1-15(10-3-4-10)7-6-14-11-8-9(13)2-5-12(11)16(17)18/h2,5,8,10,14H,3-4,6-7H2,1H3. The number of nitrogens with zero attached hydrogens (tertiary/aromatic N) is 2. The molecule has 0 unspecified atom stereocenters. The van der Waals surface area contributed by atoms with Crippen LogP contribution in [0.4, 0.5) is 15.8 Å². The first-order valence-electron chi connectivity index (χ1n) is 5.96. The van der Waals surface area contributed by atoms with Gasteiger partial charge in [-0.25, -0.2) is 4.39 Å². The van der Waals surface area contributed by atoms with Crippen molar-refractivity contribution in [2.75, 3.05) is 25.5 Å². The summed E-state index contributed by atoms with van der Waals surface area (Å²) in [5.74, 6) is -0.473. The lowest BCUT2D eigenvalue weighted by Crippen LogP contribution is -2.27. The summed E-state index contributed by atoms with van der Waals surface area (Å²) in [7, 11) is 2.03. The van der Waals surface area contributed by atoms with E-state index in [0.717, 1.165) is 18.7 Å². The second kappa shape index (κ2) is 5.30. The second-order valence-electron chi connectivity index (χ2n) is 4.56. The molecule has 0 saturated heterocycles. The Balaban J connectivity index is 1.94. The lowest BCUT2D eigenvalue weighted by Gasteiger charge is -2.16. The Morgan fingerprint density at radius 3 is 2.89 bits per heavy atom. The highest BCUT2D eigenvalue weighted by atomic mass is 19.1. The highest BCUT2D eigenvalue weighted by Crippen LogP contribution is 2.26. The maximum absolute atomic E-state index is 13.1. The van der Waals surface area contributed by atoms with Gasteiger partial charge < -0.3 is 10.2 Å². The first-order chi connectivity index (χ1) is 8.58. The van der Waals surface area contributed by atoms with E-state index in [-0.39, 0.29) is 11.4 Å². The summed E-state index contributed by atoms with van der Waals surface area (Å²) in [5.41, 5.74) is 0.148. The van der Waals surface area contributed by atoms with Gasteiger partial charge in [0.15, 0.2) is 0 Å². The lowest BCUT2D eigenvalue weighted by atomic mass is 10.2. The van der Waals surface area contributed by atoms with Crippen LogP contribution in [0.15, 0.2) is 18.2 Å². The Kier molecular flexibility index (Phi) is 3.76. The molecular formula is C12H16FN3O2. The topological polar surface area (TPSA) is 58.4 Å². The largest absolute Gasteiger partial charge is 0.378 e. The maximum atomic E-state index is 13.1. The molecule has 0 amide bonds. The molecule has 0 radical (unpaired) electrons. The SMILES string of the molecule is CN(CCNc1cc(F)ccc1[N+](=O)[O-])C1CC1. The Morgan fingerprint density at radius 1 is 1.56 bits per heavy atom. The first-order valence-corrected chi connectivity index (χ1v) is 5.96. The number of rotatable bonds is 6. The minimum Gasteiger partial charge on any atom is -0.378 e. The van der Waals surface area contributed by atoms with Gasteiger partial charge in [-0.1, -0.05) is 0 Å². The third kappa shape index (κ3) is 3.16. The van der Waals surface area contributed by atoms with E-state index in [2.05, 4.69) is 10.2 Å². The third-order valence-corrected chi connectivity index (χ3v) is 3.11. The zero-order valence-electron chi connectivity index (χ0n) is 10.2. The zero-order valence-corrected chi connectivity index (χ0v) is 10.2. The van der Waals surface area contributed by atoms with Gasteiger partial charge in [-0.05, 0) is 26.0 Å². The molecule has 0 aromatic heterocycles. The Morgan fingerprint density at radius 2 is 2.28 bits per heavy atom. The quantitative estimate of drug-likeness (QED) is 0.624. The molecule has 6 heteroatoms. The molecule has 18 heavy (non-hydrogen) atoms. The molecule has 0 bridgehead atoms. The summed E-state index contributed by atoms with van der Waals surface area (Å²) >= 11 is 0. The number of hydrogen-bond donors (Lipinski definition) is 1. The van der Waals surface area contributed by atoms with Crippen molar-refractivity contribution in [3.63, 3.8) is 0 Å². The molecule has 0 aliphatic heterocycles. The predicted molar refractivity (Wildman–Crippen MR) is 67.2 cm³/mol. The van der Waals surface area contributed by atoms with E-state index in [1.807, 2.05) is 7.05 Å². The van der Waals surface area contributed by atoms with Crippen molar-refractivity contribution in [3.8, 4) is 0 Å². The van der Waals surface area contributed by atoms with Crippen molar-refractivity contribution >= 4 is 11.4 Å². The molecular weight excluding hydrogens is 237 g/mol. The van der Waals surface area contributed by atoms with Crippen LogP contribution in [0, 0.1) is 15.9 Å². The van der Waals surface area contributed by atoms with Crippen molar-refractivity contribution < 1.29 is 9.31 Å². The van der Waals surface area contributed by atoms with Gasteiger partial charge in [0.05, 0.1) is 4.92 Å². The number of benzene rings is 1. The van der Waals surface area contributed by atoms with Crippen LogP contribution in [0.1, 0.15) is 12.8 Å². The van der Waals surface area contributed by atoms with Crippen LogP contribution >= 0.6 is 0 Å². The monoisotopic (exact) mass is 253 g/mol. The van der Waals surface area contributed by atoms with Gasteiger partial charge in [-0.3, -0.25) is 10.1 Å². The molecule has 0 heterocycles. The van der Waals surface area contributed by atoms with Gasteiger partial charge in [0.2, 0.25) is 0 Å². The molecule has 98 valence electrons. The second-order valence-corrected chi connectivity index (χ2v) is 4.56. The van der Waals surface area contributed by atoms with E-state index in [1.54, 1.807) is 0 Å². The van der Waals surface area contributed by atoms with Crippen LogP contribution in [0.25, 0.3) is 0 Å². The third-order valence-electron chi connectivity index (χ3n) is 3.11. The van der Waals surface area contributed by atoms with Crippen LogP contribution in [0.2, 0.25) is 0 Å². The maximum Gasteiger partial charge on any atom is 0.292 e. The molecule has 1 aliphatic carbocycles. The Labute approximate surface area is 105 Å². The van der Waals surface area contributed by atoms with Crippen molar-refractivity contribution in [3.05, 3.63) is 34.1 Å². The first kappa shape index (κ1) is 12.8. The average Bonchev–Trinajstić information content (AvgIpc) is 3.12. The summed E-state index contributed by atoms with van der Waals surface area (Å²) in [5, 5.41) is 13.7. The predicted octanol–water partition coefficient (Wildman–Crippen LogP) is 2.24. The van der Waals surface area contributed by atoms with Gasteiger partial charge in [0.1, 0.15) is 11.5 Å². The van der Waals surface area contributed by atoms with E-state index >= 15 is 0 Å². The fourth-order valence-corrected chi connectivity index (χ4v) is 1.87. The van der Waals surface area contributed by atoms with Crippen LogP contribution in [0.3, 0.4) is 0 Å². The number of nitro groups is 1. The van der Waals surface area contributed by atoms with Gasteiger partial charge in [-0.15, -0.1) is 0 Å². The van der Waals surface area contributed by atoms with Crippen LogP contribution in [0.5, 0.6) is 0 Å². The van der Waals surface area contributed by atoms with Gasteiger partial charge in [0, 0.05) is 31.3 Å².